The highest BCUT2D eigenvalue weighted by atomic mass is 19.1. The lowest BCUT2D eigenvalue weighted by Gasteiger charge is -2.12. The van der Waals surface area contributed by atoms with Crippen LogP contribution in [0.15, 0.2) is 42.6 Å². The van der Waals surface area contributed by atoms with E-state index < -0.39 is 11.9 Å². The zero-order valence-corrected chi connectivity index (χ0v) is 14.2. The van der Waals surface area contributed by atoms with Crippen LogP contribution in [0, 0.1) is 17.1 Å². The molecule has 7 heteroatoms. The zero-order valence-electron chi connectivity index (χ0n) is 14.2. The molecule has 1 amide bonds. The van der Waals surface area contributed by atoms with Gasteiger partial charge in [0.15, 0.2) is 0 Å². The monoisotopic (exact) mass is 362 g/mol. The van der Waals surface area contributed by atoms with Crippen LogP contribution < -0.4 is 5.32 Å². The average Bonchev–Trinajstić information content (AvgIpc) is 3.29. The van der Waals surface area contributed by atoms with E-state index in [0.717, 1.165) is 28.8 Å². The van der Waals surface area contributed by atoms with Crippen LogP contribution in [0.3, 0.4) is 0 Å². The number of halogens is 1. The van der Waals surface area contributed by atoms with Crippen molar-refractivity contribution in [2.24, 2.45) is 0 Å². The van der Waals surface area contributed by atoms with Crippen molar-refractivity contribution in [2.75, 3.05) is 0 Å². The van der Waals surface area contributed by atoms with Gasteiger partial charge < -0.3 is 15.4 Å². The van der Waals surface area contributed by atoms with E-state index in [2.05, 4.69) is 15.3 Å². The molecule has 0 fully saturated rings. The molecule has 0 bridgehead atoms. The Morgan fingerprint density at radius 3 is 3.00 bits per heavy atom. The van der Waals surface area contributed by atoms with Crippen molar-refractivity contribution < 1.29 is 14.3 Å². The Bertz CT molecular complexity index is 1080. The molecule has 0 spiro atoms. The van der Waals surface area contributed by atoms with Gasteiger partial charge in [-0.15, -0.1) is 0 Å². The number of nitrogens with one attached hydrogen (secondary N) is 2. The Morgan fingerprint density at radius 2 is 2.22 bits per heavy atom. The summed E-state index contributed by atoms with van der Waals surface area (Å²) in [6, 6.07) is 11.7. The normalized spacial score (nSPS) is 15.2. The van der Waals surface area contributed by atoms with E-state index in [9.17, 15) is 9.18 Å². The molecule has 1 heterocycles. The maximum absolute atomic E-state index is 13.5. The van der Waals surface area contributed by atoms with Gasteiger partial charge in [0.1, 0.15) is 17.7 Å². The minimum Gasteiger partial charge on any atom is -0.465 e. The highest BCUT2D eigenvalue weighted by Crippen LogP contribution is 2.37. The first-order valence-electron chi connectivity index (χ1n) is 8.43. The molecule has 6 nitrogen and oxygen atoms in total. The van der Waals surface area contributed by atoms with Crippen LogP contribution in [0.25, 0.3) is 22.6 Å². The maximum atomic E-state index is 13.5. The van der Waals surface area contributed by atoms with Crippen LogP contribution in [0.5, 0.6) is 0 Å². The molecule has 3 aromatic rings. The number of carbonyl (C=O) groups is 1. The Labute approximate surface area is 154 Å². The van der Waals surface area contributed by atoms with Gasteiger partial charge in [0, 0.05) is 11.1 Å². The second-order valence-corrected chi connectivity index (χ2v) is 6.37. The maximum Gasteiger partial charge on any atom is 0.405 e. The van der Waals surface area contributed by atoms with Crippen LogP contribution in [-0.4, -0.2) is 21.2 Å². The molecule has 3 N–H and O–H groups in total. The smallest absolute Gasteiger partial charge is 0.405 e. The first-order chi connectivity index (χ1) is 13.1. The largest absolute Gasteiger partial charge is 0.465 e. The third kappa shape index (κ3) is 3.02. The number of fused-ring (bicyclic) bond motifs is 1. The molecule has 0 radical (unpaired) electrons. The molecule has 0 saturated carbocycles. The first-order valence-corrected chi connectivity index (χ1v) is 8.43. The number of amides is 1. The van der Waals surface area contributed by atoms with Gasteiger partial charge in [-0.3, -0.25) is 0 Å². The summed E-state index contributed by atoms with van der Waals surface area (Å²) in [4.78, 5) is 18.6. The second kappa shape index (κ2) is 6.57. The van der Waals surface area contributed by atoms with Gasteiger partial charge in [0.2, 0.25) is 0 Å². The summed E-state index contributed by atoms with van der Waals surface area (Å²) in [6.45, 7) is 0. The third-order valence-electron chi connectivity index (χ3n) is 4.79. The first kappa shape index (κ1) is 16.8. The molecule has 1 aliphatic rings. The van der Waals surface area contributed by atoms with Gasteiger partial charge in [-0.25, -0.2) is 14.2 Å². The van der Waals surface area contributed by atoms with Crippen molar-refractivity contribution in [3.63, 3.8) is 0 Å². The van der Waals surface area contributed by atoms with Gasteiger partial charge in [-0.1, -0.05) is 18.2 Å². The van der Waals surface area contributed by atoms with E-state index in [0.29, 0.717) is 17.8 Å². The van der Waals surface area contributed by atoms with Gasteiger partial charge >= 0.3 is 6.09 Å². The number of benzene rings is 2. The second-order valence-electron chi connectivity index (χ2n) is 6.37. The predicted molar refractivity (Wildman–Crippen MR) is 96.4 cm³/mol. The number of carboxylic acid groups (broad SMARTS) is 1. The van der Waals surface area contributed by atoms with Crippen LogP contribution >= 0.6 is 0 Å². The number of nitriles is 1. The number of aromatic amines is 1. The number of imidazole rings is 1. The van der Waals surface area contributed by atoms with Crippen LogP contribution in [-0.2, 0) is 6.42 Å². The lowest BCUT2D eigenvalue weighted by atomic mass is 10.0. The third-order valence-corrected chi connectivity index (χ3v) is 4.79. The van der Waals surface area contributed by atoms with Crippen molar-refractivity contribution in [1.82, 2.24) is 15.3 Å². The summed E-state index contributed by atoms with van der Waals surface area (Å²) in [7, 11) is 0. The van der Waals surface area contributed by atoms with Crippen molar-refractivity contribution in [1.29, 1.82) is 5.26 Å². The number of nitrogens with zero attached hydrogens (tertiary/aromatic N) is 2. The van der Waals surface area contributed by atoms with E-state index in [4.69, 9.17) is 10.4 Å². The van der Waals surface area contributed by atoms with E-state index in [1.54, 1.807) is 12.3 Å². The zero-order chi connectivity index (χ0) is 19.0. The predicted octanol–water partition coefficient (Wildman–Crippen LogP) is 4.01. The minimum atomic E-state index is -1.04. The fraction of sp³-hybridized carbons (Fsp3) is 0.150. The molecule has 134 valence electrons. The number of aromatic nitrogens is 2. The van der Waals surface area contributed by atoms with Crippen molar-refractivity contribution in [2.45, 2.75) is 18.9 Å². The number of hydrogen-bond acceptors (Lipinski definition) is 3. The molecule has 1 aliphatic carbocycles. The fourth-order valence-electron chi connectivity index (χ4n) is 3.57. The summed E-state index contributed by atoms with van der Waals surface area (Å²) >= 11 is 0. The Morgan fingerprint density at radius 1 is 1.37 bits per heavy atom. The Kier molecular flexibility index (Phi) is 4.09. The molecule has 2 aromatic carbocycles. The standard InChI is InChI=1S/C20H15FN4O2/c21-16-6-4-11(8-12(16)9-22)19-23-10-18(24-19)15-3-1-2-14-13(15)5-7-17(14)25-20(26)27/h1-4,6,8,10,17,25H,5,7H2,(H,23,24)(H,26,27). The lowest BCUT2D eigenvalue weighted by molar-refractivity contribution is 0.190. The molecule has 4 rings (SSSR count). The Hall–Kier alpha value is -3.66. The summed E-state index contributed by atoms with van der Waals surface area (Å²) in [6.07, 6.45) is 2.13. The summed E-state index contributed by atoms with van der Waals surface area (Å²) in [5.41, 5.74) is 4.40. The van der Waals surface area contributed by atoms with E-state index in [1.807, 2.05) is 24.3 Å². The van der Waals surface area contributed by atoms with Crippen molar-refractivity contribution in [3.05, 3.63) is 65.1 Å². The topological polar surface area (TPSA) is 102 Å². The number of rotatable bonds is 3. The lowest BCUT2D eigenvalue weighted by Crippen LogP contribution is -2.24. The fourth-order valence-corrected chi connectivity index (χ4v) is 3.57. The Balaban J connectivity index is 1.70. The summed E-state index contributed by atoms with van der Waals surface area (Å²) in [5.74, 6) is -0.0248. The molecular weight excluding hydrogens is 347 g/mol. The quantitative estimate of drug-likeness (QED) is 0.655. The van der Waals surface area contributed by atoms with Crippen LogP contribution in [0.2, 0.25) is 0 Å². The highest BCUT2D eigenvalue weighted by Gasteiger charge is 2.26. The summed E-state index contributed by atoms with van der Waals surface area (Å²) < 4.78 is 13.5. The van der Waals surface area contributed by atoms with Gasteiger partial charge in [-0.05, 0) is 42.2 Å². The van der Waals surface area contributed by atoms with E-state index in [1.165, 1.54) is 12.1 Å². The molecule has 0 saturated heterocycles. The number of H-pyrrole nitrogens is 1. The van der Waals surface area contributed by atoms with Gasteiger partial charge in [0.05, 0.1) is 23.5 Å². The van der Waals surface area contributed by atoms with E-state index >= 15 is 0 Å². The molecule has 1 unspecified atom stereocenters. The molecule has 1 atom stereocenters. The van der Waals surface area contributed by atoms with Crippen LogP contribution in [0.4, 0.5) is 9.18 Å². The number of hydrogen-bond donors (Lipinski definition) is 3. The van der Waals surface area contributed by atoms with Gasteiger partial charge in [-0.2, -0.15) is 5.26 Å². The molecule has 0 aliphatic heterocycles. The molecule has 27 heavy (non-hydrogen) atoms. The van der Waals surface area contributed by atoms with Crippen LogP contribution in [0.1, 0.15) is 29.2 Å². The minimum absolute atomic E-state index is 0.0337. The van der Waals surface area contributed by atoms with E-state index in [-0.39, 0.29) is 11.6 Å². The highest BCUT2D eigenvalue weighted by molar-refractivity contribution is 5.71. The summed E-state index contributed by atoms with van der Waals surface area (Å²) in [5, 5.41) is 20.5. The SMILES string of the molecule is N#Cc1cc(-c2ncc(-c3cccc4c3CCC4NC(=O)O)[nH]2)ccc1F. The average molecular weight is 362 g/mol. The van der Waals surface area contributed by atoms with Crippen molar-refractivity contribution in [3.8, 4) is 28.7 Å². The molecular formula is C20H15FN4O2. The molecule has 1 aromatic heterocycles. The van der Waals surface area contributed by atoms with Crippen molar-refractivity contribution >= 4 is 6.09 Å². The van der Waals surface area contributed by atoms with Gasteiger partial charge in [0.25, 0.3) is 0 Å².